The largest absolute Gasteiger partial charge is 0.497 e. The van der Waals surface area contributed by atoms with Crippen LogP contribution in [0.15, 0.2) is 48.5 Å². The minimum Gasteiger partial charge on any atom is -0.497 e. The Morgan fingerprint density at radius 1 is 1.08 bits per heavy atom. The quantitative estimate of drug-likeness (QED) is 0.864. The lowest BCUT2D eigenvalue weighted by Crippen LogP contribution is -2.39. The first-order valence-electron chi connectivity index (χ1n) is 8.25. The van der Waals surface area contributed by atoms with Crippen LogP contribution in [-0.2, 0) is 4.79 Å². The first kappa shape index (κ1) is 17.6. The van der Waals surface area contributed by atoms with E-state index in [1.54, 1.807) is 49.5 Å². The van der Waals surface area contributed by atoms with Crippen molar-refractivity contribution in [2.75, 3.05) is 31.0 Å². The van der Waals surface area contributed by atoms with E-state index < -0.39 is 0 Å². The lowest BCUT2D eigenvalue weighted by Gasteiger charge is -2.18. The second kappa shape index (κ2) is 7.77. The van der Waals surface area contributed by atoms with Crippen LogP contribution in [0.25, 0.3) is 0 Å². The van der Waals surface area contributed by atoms with Gasteiger partial charge in [-0.15, -0.1) is 0 Å². The van der Waals surface area contributed by atoms with Gasteiger partial charge in [-0.05, 0) is 24.3 Å². The van der Waals surface area contributed by atoms with Crippen molar-refractivity contribution in [1.82, 2.24) is 5.32 Å². The predicted octanol–water partition coefficient (Wildman–Crippen LogP) is 2.63. The molecule has 3 rings (SSSR count). The van der Waals surface area contributed by atoms with Gasteiger partial charge in [0.1, 0.15) is 11.5 Å². The van der Waals surface area contributed by atoms with Gasteiger partial charge in [0.25, 0.3) is 0 Å². The molecule has 7 heteroatoms. The summed E-state index contributed by atoms with van der Waals surface area (Å²) in [6.45, 7) is 0.414. The molecule has 1 aliphatic rings. The molecule has 1 heterocycles. The molecule has 0 radical (unpaired) electrons. The molecule has 0 saturated carbocycles. The van der Waals surface area contributed by atoms with Crippen LogP contribution in [0.5, 0.6) is 11.5 Å². The summed E-state index contributed by atoms with van der Waals surface area (Å²) in [5.41, 5.74) is 1.38. The number of nitrogens with one attached hydrogen (secondary N) is 2. The van der Waals surface area contributed by atoms with Crippen molar-refractivity contribution < 1.29 is 19.1 Å². The fourth-order valence-electron chi connectivity index (χ4n) is 2.89. The number of hydrogen-bond donors (Lipinski definition) is 2. The van der Waals surface area contributed by atoms with Gasteiger partial charge in [-0.2, -0.15) is 0 Å². The molecule has 2 aromatic carbocycles. The Hall–Kier alpha value is -3.22. The number of ether oxygens (including phenoxy) is 2. The minimum absolute atomic E-state index is 0.0371. The Bertz CT molecular complexity index is 809. The van der Waals surface area contributed by atoms with E-state index in [1.807, 2.05) is 18.2 Å². The lowest BCUT2D eigenvalue weighted by molar-refractivity contribution is -0.117. The zero-order chi connectivity index (χ0) is 18.5. The highest BCUT2D eigenvalue weighted by molar-refractivity contribution is 5.97. The maximum Gasteiger partial charge on any atom is 0.319 e. The summed E-state index contributed by atoms with van der Waals surface area (Å²) in [7, 11) is 3.15. The van der Waals surface area contributed by atoms with Crippen molar-refractivity contribution in [1.29, 1.82) is 0 Å². The van der Waals surface area contributed by atoms with Crippen molar-refractivity contribution >= 4 is 23.3 Å². The fourth-order valence-corrected chi connectivity index (χ4v) is 2.89. The van der Waals surface area contributed by atoms with Crippen LogP contribution < -0.4 is 25.0 Å². The van der Waals surface area contributed by atoms with Crippen LogP contribution in [0.2, 0.25) is 0 Å². The van der Waals surface area contributed by atoms with Crippen molar-refractivity contribution in [2.45, 2.75) is 12.5 Å². The molecule has 0 spiro atoms. The maximum atomic E-state index is 12.3. The zero-order valence-corrected chi connectivity index (χ0v) is 14.7. The first-order valence-corrected chi connectivity index (χ1v) is 8.25. The number of benzene rings is 2. The molecule has 3 amide bonds. The molecule has 1 fully saturated rings. The minimum atomic E-state index is -0.358. The molecule has 2 N–H and O–H groups in total. The summed E-state index contributed by atoms with van der Waals surface area (Å²) in [5, 5.41) is 5.59. The lowest BCUT2D eigenvalue weighted by atomic mass is 10.2. The van der Waals surface area contributed by atoms with Gasteiger partial charge in [-0.3, -0.25) is 4.79 Å². The highest BCUT2D eigenvalue weighted by Gasteiger charge is 2.31. The van der Waals surface area contributed by atoms with E-state index in [9.17, 15) is 9.59 Å². The van der Waals surface area contributed by atoms with Gasteiger partial charge in [0.15, 0.2) is 0 Å². The number of nitrogens with zero attached hydrogens (tertiary/aromatic N) is 1. The van der Waals surface area contributed by atoms with Crippen molar-refractivity contribution in [2.24, 2.45) is 0 Å². The monoisotopic (exact) mass is 355 g/mol. The fraction of sp³-hybridized carbons (Fsp3) is 0.263. The standard InChI is InChI=1S/C19H21N3O4/c1-25-16-7-3-5-13(9-16)20-19(24)21-14-10-18(23)22(12-14)15-6-4-8-17(11-15)26-2/h3-9,11,14H,10,12H2,1-2H3,(H2,20,21,24)/t14-/m0/s1. The molecule has 1 saturated heterocycles. The Labute approximate surface area is 151 Å². The summed E-state index contributed by atoms with van der Waals surface area (Å²) in [4.78, 5) is 26.2. The summed E-state index contributed by atoms with van der Waals surface area (Å²) < 4.78 is 10.3. The topological polar surface area (TPSA) is 79.9 Å². The van der Waals surface area contributed by atoms with Crippen molar-refractivity contribution in [3.8, 4) is 11.5 Å². The Balaban J connectivity index is 1.60. The average Bonchev–Trinajstić information content (AvgIpc) is 3.01. The summed E-state index contributed by atoms with van der Waals surface area (Å²) in [6, 6.07) is 13.8. The molecule has 0 bridgehead atoms. The first-order chi connectivity index (χ1) is 12.6. The normalized spacial score (nSPS) is 16.3. The van der Waals surface area contributed by atoms with E-state index in [2.05, 4.69) is 10.6 Å². The van der Waals surface area contributed by atoms with Gasteiger partial charge in [0.05, 0.1) is 20.3 Å². The summed E-state index contributed by atoms with van der Waals surface area (Å²) >= 11 is 0. The number of amides is 3. The molecular weight excluding hydrogens is 334 g/mol. The van der Waals surface area contributed by atoms with Crippen LogP contribution in [-0.4, -0.2) is 38.7 Å². The molecule has 26 heavy (non-hydrogen) atoms. The van der Waals surface area contributed by atoms with E-state index in [1.165, 1.54) is 0 Å². The van der Waals surface area contributed by atoms with Gasteiger partial charge in [-0.25, -0.2) is 4.79 Å². The Morgan fingerprint density at radius 2 is 1.77 bits per heavy atom. The van der Waals surface area contributed by atoms with Gasteiger partial charge in [0, 0.05) is 36.5 Å². The number of hydrogen-bond acceptors (Lipinski definition) is 4. The number of urea groups is 1. The van der Waals surface area contributed by atoms with Crippen molar-refractivity contribution in [3.05, 3.63) is 48.5 Å². The van der Waals surface area contributed by atoms with Crippen LogP contribution >= 0.6 is 0 Å². The number of carbonyl (C=O) groups excluding carboxylic acids is 2. The Morgan fingerprint density at radius 3 is 2.50 bits per heavy atom. The zero-order valence-electron chi connectivity index (χ0n) is 14.7. The molecule has 136 valence electrons. The molecule has 1 atom stereocenters. The third-order valence-corrected chi connectivity index (χ3v) is 4.15. The van der Waals surface area contributed by atoms with E-state index in [4.69, 9.17) is 9.47 Å². The van der Waals surface area contributed by atoms with Gasteiger partial charge < -0.3 is 25.0 Å². The second-order valence-electron chi connectivity index (χ2n) is 5.94. The maximum absolute atomic E-state index is 12.3. The highest BCUT2D eigenvalue weighted by Crippen LogP contribution is 2.25. The molecule has 0 unspecified atom stereocenters. The van der Waals surface area contributed by atoms with E-state index in [-0.39, 0.29) is 24.4 Å². The van der Waals surface area contributed by atoms with E-state index >= 15 is 0 Å². The molecular formula is C19H21N3O4. The van der Waals surface area contributed by atoms with Gasteiger partial charge >= 0.3 is 6.03 Å². The average molecular weight is 355 g/mol. The highest BCUT2D eigenvalue weighted by atomic mass is 16.5. The van der Waals surface area contributed by atoms with Crippen molar-refractivity contribution in [3.63, 3.8) is 0 Å². The van der Waals surface area contributed by atoms with E-state index in [0.29, 0.717) is 23.7 Å². The number of rotatable bonds is 5. The number of anilines is 2. The van der Waals surface area contributed by atoms with E-state index in [0.717, 1.165) is 5.69 Å². The summed E-state index contributed by atoms with van der Waals surface area (Å²) in [6.07, 6.45) is 0.253. The van der Waals surface area contributed by atoms with Crippen LogP contribution in [0.1, 0.15) is 6.42 Å². The molecule has 0 aliphatic carbocycles. The van der Waals surface area contributed by atoms with Gasteiger partial charge in [-0.1, -0.05) is 12.1 Å². The van der Waals surface area contributed by atoms with Crippen LogP contribution in [0, 0.1) is 0 Å². The summed E-state index contributed by atoms with van der Waals surface area (Å²) in [5.74, 6) is 1.30. The smallest absolute Gasteiger partial charge is 0.319 e. The van der Waals surface area contributed by atoms with Crippen LogP contribution in [0.4, 0.5) is 16.2 Å². The second-order valence-corrected chi connectivity index (χ2v) is 5.94. The molecule has 1 aliphatic heterocycles. The molecule has 2 aromatic rings. The van der Waals surface area contributed by atoms with Crippen LogP contribution in [0.3, 0.4) is 0 Å². The Kier molecular flexibility index (Phi) is 5.26. The third-order valence-electron chi connectivity index (χ3n) is 4.15. The molecule has 0 aromatic heterocycles. The number of methoxy groups -OCH3 is 2. The third kappa shape index (κ3) is 4.05. The SMILES string of the molecule is COc1cccc(NC(=O)N[C@H]2CC(=O)N(c3cccc(OC)c3)C2)c1. The molecule has 7 nitrogen and oxygen atoms in total. The predicted molar refractivity (Wildman–Crippen MR) is 98.9 cm³/mol. The number of carbonyl (C=O) groups is 2. The van der Waals surface area contributed by atoms with Gasteiger partial charge in [0.2, 0.25) is 5.91 Å².